The minimum absolute atomic E-state index is 0.0258. The van der Waals surface area contributed by atoms with Gasteiger partial charge in [0.2, 0.25) is 11.9 Å². The first kappa shape index (κ1) is 18.9. The Balaban J connectivity index is 1.79. The monoisotopic (exact) mass is 340 g/mol. The van der Waals surface area contributed by atoms with E-state index in [0.717, 1.165) is 36.5 Å². The number of rotatable bonds is 6. The third kappa shape index (κ3) is 6.18. The summed E-state index contributed by atoms with van der Waals surface area (Å²) < 4.78 is 0. The van der Waals surface area contributed by atoms with Crippen molar-refractivity contribution in [1.82, 2.24) is 9.97 Å². The number of carbonyl (C=O) groups excluding carboxylic acids is 1. The lowest BCUT2D eigenvalue weighted by Crippen LogP contribution is -2.27. The number of carbonyl (C=O) groups is 1. The lowest BCUT2D eigenvalue weighted by molar-refractivity contribution is -0.123. The molecule has 0 bridgehead atoms. The van der Waals surface area contributed by atoms with Crippen LogP contribution in [0.15, 0.2) is 30.3 Å². The number of hydrogen-bond donors (Lipinski definition) is 2. The standard InChI is InChI=1S/C20H28N4O/c1-14-13-15(2)23-19(22-14)21-12-6-7-16-8-10-17(11-9-16)24-18(25)20(3,4)5/h8-11,13H,6-7,12H2,1-5H3,(H,24,25)(H,21,22,23). The minimum atomic E-state index is -0.388. The summed E-state index contributed by atoms with van der Waals surface area (Å²) in [6, 6.07) is 10.0. The smallest absolute Gasteiger partial charge is 0.229 e. The summed E-state index contributed by atoms with van der Waals surface area (Å²) in [5.41, 5.74) is 3.65. The molecule has 1 aromatic heterocycles. The van der Waals surface area contributed by atoms with E-state index in [4.69, 9.17) is 0 Å². The Bertz CT molecular complexity index is 697. The van der Waals surface area contributed by atoms with Gasteiger partial charge in [0.1, 0.15) is 0 Å². The molecule has 0 fully saturated rings. The van der Waals surface area contributed by atoms with Crippen LogP contribution < -0.4 is 10.6 Å². The molecule has 134 valence electrons. The van der Waals surface area contributed by atoms with Gasteiger partial charge >= 0.3 is 0 Å². The summed E-state index contributed by atoms with van der Waals surface area (Å²) in [4.78, 5) is 20.7. The predicted octanol–water partition coefficient (Wildman–Crippen LogP) is 4.12. The Morgan fingerprint density at radius 3 is 2.20 bits per heavy atom. The molecule has 1 amide bonds. The fourth-order valence-electron chi connectivity index (χ4n) is 2.37. The zero-order valence-electron chi connectivity index (χ0n) is 15.8. The molecule has 2 aromatic rings. The van der Waals surface area contributed by atoms with E-state index in [1.807, 2.05) is 52.8 Å². The Morgan fingerprint density at radius 1 is 1.04 bits per heavy atom. The topological polar surface area (TPSA) is 66.9 Å². The normalized spacial score (nSPS) is 11.2. The van der Waals surface area contributed by atoms with Crippen molar-refractivity contribution in [2.45, 2.75) is 47.5 Å². The molecule has 25 heavy (non-hydrogen) atoms. The first-order valence-corrected chi connectivity index (χ1v) is 8.70. The predicted molar refractivity (Wildman–Crippen MR) is 103 cm³/mol. The third-order valence-corrected chi connectivity index (χ3v) is 3.80. The molecule has 0 aliphatic heterocycles. The van der Waals surface area contributed by atoms with Crippen molar-refractivity contribution < 1.29 is 4.79 Å². The van der Waals surface area contributed by atoms with Crippen molar-refractivity contribution in [1.29, 1.82) is 0 Å². The Hall–Kier alpha value is -2.43. The average molecular weight is 340 g/mol. The lowest BCUT2D eigenvalue weighted by atomic mass is 9.95. The van der Waals surface area contributed by atoms with Gasteiger partial charge in [0.25, 0.3) is 0 Å². The zero-order chi connectivity index (χ0) is 18.4. The highest BCUT2D eigenvalue weighted by Crippen LogP contribution is 2.18. The molecule has 2 rings (SSSR count). The van der Waals surface area contributed by atoms with Crippen LogP contribution in [0.25, 0.3) is 0 Å². The number of aryl methyl sites for hydroxylation is 3. The van der Waals surface area contributed by atoms with Gasteiger partial charge in [0.05, 0.1) is 0 Å². The number of aromatic nitrogens is 2. The number of nitrogens with one attached hydrogen (secondary N) is 2. The second-order valence-electron chi connectivity index (χ2n) is 7.41. The van der Waals surface area contributed by atoms with Crippen molar-refractivity contribution in [3.63, 3.8) is 0 Å². The molecule has 2 N–H and O–H groups in total. The first-order valence-electron chi connectivity index (χ1n) is 8.70. The van der Waals surface area contributed by atoms with Gasteiger partial charge in [-0.3, -0.25) is 4.79 Å². The highest BCUT2D eigenvalue weighted by atomic mass is 16.2. The van der Waals surface area contributed by atoms with E-state index < -0.39 is 0 Å². The highest BCUT2D eigenvalue weighted by Gasteiger charge is 2.20. The van der Waals surface area contributed by atoms with Gasteiger partial charge in [-0.05, 0) is 50.5 Å². The second kappa shape index (κ2) is 8.10. The molecule has 0 saturated heterocycles. The van der Waals surface area contributed by atoms with Gasteiger partial charge in [-0.25, -0.2) is 9.97 Å². The number of nitrogens with zero attached hydrogens (tertiary/aromatic N) is 2. The van der Waals surface area contributed by atoms with Gasteiger partial charge in [0, 0.05) is 29.0 Å². The summed E-state index contributed by atoms with van der Waals surface area (Å²) in [7, 11) is 0. The van der Waals surface area contributed by atoms with E-state index in [-0.39, 0.29) is 11.3 Å². The van der Waals surface area contributed by atoms with Crippen LogP contribution in [0.4, 0.5) is 11.6 Å². The summed E-state index contributed by atoms with van der Waals surface area (Å²) in [5.74, 6) is 0.718. The van der Waals surface area contributed by atoms with E-state index in [9.17, 15) is 4.79 Å². The summed E-state index contributed by atoms with van der Waals surface area (Å²) in [5, 5.41) is 6.21. The molecule has 0 unspecified atom stereocenters. The number of anilines is 2. The van der Waals surface area contributed by atoms with Crippen LogP contribution in [-0.4, -0.2) is 22.4 Å². The zero-order valence-corrected chi connectivity index (χ0v) is 15.8. The minimum Gasteiger partial charge on any atom is -0.354 e. The van der Waals surface area contributed by atoms with Crippen LogP contribution in [0.3, 0.4) is 0 Å². The molecule has 1 aromatic carbocycles. The van der Waals surface area contributed by atoms with Crippen LogP contribution in [0, 0.1) is 19.3 Å². The molecule has 5 nitrogen and oxygen atoms in total. The summed E-state index contributed by atoms with van der Waals surface area (Å²) in [6.07, 6.45) is 1.95. The van der Waals surface area contributed by atoms with Gasteiger partial charge < -0.3 is 10.6 Å². The second-order valence-corrected chi connectivity index (χ2v) is 7.41. The molecule has 5 heteroatoms. The maximum atomic E-state index is 12.0. The number of benzene rings is 1. The fraction of sp³-hybridized carbons (Fsp3) is 0.450. The van der Waals surface area contributed by atoms with Gasteiger partial charge in [0.15, 0.2) is 0 Å². The van der Waals surface area contributed by atoms with E-state index in [1.165, 1.54) is 5.56 Å². The molecule has 0 aliphatic carbocycles. The van der Waals surface area contributed by atoms with Gasteiger partial charge in [-0.15, -0.1) is 0 Å². The van der Waals surface area contributed by atoms with Gasteiger partial charge in [-0.2, -0.15) is 0 Å². The summed E-state index contributed by atoms with van der Waals surface area (Å²) >= 11 is 0. The van der Waals surface area contributed by atoms with Crippen molar-refractivity contribution in [2.24, 2.45) is 5.41 Å². The molecule has 1 heterocycles. The molecule has 0 saturated carbocycles. The molecule has 0 aliphatic rings. The quantitative estimate of drug-likeness (QED) is 0.776. The van der Waals surface area contributed by atoms with E-state index in [0.29, 0.717) is 5.95 Å². The van der Waals surface area contributed by atoms with Crippen molar-refractivity contribution in [3.8, 4) is 0 Å². The Morgan fingerprint density at radius 2 is 1.64 bits per heavy atom. The number of amides is 1. The van der Waals surface area contributed by atoms with E-state index in [2.05, 4.69) is 32.7 Å². The molecule has 0 atom stereocenters. The van der Waals surface area contributed by atoms with E-state index >= 15 is 0 Å². The van der Waals surface area contributed by atoms with Crippen LogP contribution >= 0.6 is 0 Å². The highest BCUT2D eigenvalue weighted by molar-refractivity contribution is 5.94. The molecule has 0 spiro atoms. The SMILES string of the molecule is Cc1cc(C)nc(NCCCc2ccc(NC(=O)C(C)(C)C)cc2)n1. The van der Waals surface area contributed by atoms with Crippen LogP contribution in [0.1, 0.15) is 44.1 Å². The average Bonchev–Trinajstić information content (AvgIpc) is 2.51. The molecular weight excluding hydrogens is 312 g/mol. The molecule has 0 radical (unpaired) electrons. The fourth-order valence-corrected chi connectivity index (χ4v) is 2.37. The van der Waals surface area contributed by atoms with E-state index in [1.54, 1.807) is 0 Å². The first-order chi connectivity index (χ1) is 11.7. The van der Waals surface area contributed by atoms with Crippen molar-refractivity contribution >= 4 is 17.5 Å². The number of hydrogen-bond acceptors (Lipinski definition) is 4. The third-order valence-electron chi connectivity index (χ3n) is 3.80. The lowest BCUT2D eigenvalue weighted by Gasteiger charge is -2.17. The molecular formula is C20H28N4O. The maximum absolute atomic E-state index is 12.0. The summed E-state index contributed by atoms with van der Waals surface area (Å²) in [6.45, 7) is 10.5. The largest absolute Gasteiger partial charge is 0.354 e. The van der Waals surface area contributed by atoms with Crippen LogP contribution in [-0.2, 0) is 11.2 Å². The Labute approximate surface area is 150 Å². The Kier molecular flexibility index (Phi) is 6.12. The van der Waals surface area contributed by atoms with Crippen LogP contribution in [0.2, 0.25) is 0 Å². The van der Waals surface area contributed by atoms with Crippen LogP contribution in [0.5, 0.6) is 0 Å². The van der Waals surface area contributed by atoms with Crippen molar-refractivity contribution in [3.05, 3.63) is 47.3 Å². The van der Waals surface area contributed by atoms with Gasteiger partial charge in [-0.1, -0.05) is 32.9 Å². The van der Waals surface area contributed by atoms with Crippen molar-refractivity contribution in [2.75, 3.05) is 17.2 Å². The maximum Gasteiger partial charge on any atom is 0.229 e.